The third-order valence-electron chi connectivity index (χ3n) is 2.83. The molecule has 0 radical (unpaired) electrons. The standard InChI is InChI=1S/C16H15Cl2N5.BrH/c1-23(21-11-13-4-8-15(18)9-5-13)16(19)22-20-10-12-2-6-14(17)7-3-12;/h2-11H,1H3,(H2,19,22);1H. The van der Waals surface area contributed by atoms with Gasteiger partial charge in [0.05, 0.1) is 12.4 Å². The zero-order chi connectivity index (χ0) is 16.7. The number of rotatable bonds is 4. The first-order chi connectivity index (χ1) is 11.0. The summed E-state index contributed by atoms with van der Waals surface area (Å²) >= 11 is 11.6. The fourth-order valence-electron chi connectivity index (χ4n) is 1.55. The second-order valence-corrected chi connectivity index (χ2v) is 5.46. The summed E-state index contributed by atoms with van der Waals surface area (Å²) in [6, 6.07) is 14.5. The first-order valence-corrected chi connectivity index (χ1v) is 7.46. The van der Waals surface area contributed by atoms with Crippen LogP contribution in [-0.4, -0.2) is 30.4 Å². The molecular formula is C16H16BrCl2N5. The third-order valence-corrected chi connectivity index (χ3v) is 3.33. The van der Waals surface area contributed by atoms with E-state index >= 15 is 0 Å². The summed E-state index contributed by atoms with van der Waals surface area (Å²) in [6.45, 7) is 0. The van der Waals surface area contributed by atoms with E-state index < -0.39 is 0 Å². The lowest BCUT2D eigenvalue weighted by Crippen LogP contribution is -2.31. The van der Waals surface area contributed by atoms with Crippen molar-refractivity contribution in [1.29, 1.82) is 5.41 Å². The first-order valence-electron chi connectivity index (χ1n) is 6.71. The number of benzene rings is 2. The van der Waals surface area contributed by atoms with Crippen molar-refractivity contribution < 1.29 is 0 Å². The predicted molar refractivity (Wildman–Crippen MR) is 107 cm³/mol. The largest absolute Gasteiger partial charge is 0.266 e. The van der Waals surface area contributed by atoms with E-state index in [1.807, 2.05) is 24.3 Å². The highest BCUT2D eigenvalue weighted by molar-refractivity contribution is 8.93. The van der Waals surface area contributed by atoms with Gasteiger partial charge >= 0.3 is 0 Å². The summed E-state index contributed by atoms with van der Waals surface area (Å²) < 4.78 is 0. The van der Waals surface area contributed by atoms with E-state index in [0.717, 1.165) is 11.1 Å². The maximum Gasteiger partial charge on any atom is 0.232 e. The summed E-state index contributed by atoms with van der Waals surface area (Å²) in [5.74, 6) is 0.0421. The Bertz CT molecular complexity index is 714. The van der Waals surface area contributed by atoms with Gasteiger partial charge in [-0.05, 0) is 35.4 Å². The average molecular weight is 429 g/mol. The predicted octanol–water partition coefficient (Wildman–Crippen LogP) is 4.40. The molecule has 2 aromatic rings. The second-order valence-electron chi connectivity index (χ2n) is 4.59. The quantitative estimate of drug-likeness (QED) is 0.430. The number of hydrogen-bond acceptors (Lipinski definition) is 3. The van der Waals surface area contributed by atoms with Gasteiger partial charge in [0.1, 0.15) is 0 Å². The van der Waals surface area contributed by atoms with Crippen LogP contribution in [0.5, 0.6) is 0 Å². The van der Waals surface area contributed by atoms with E-state index in [-0.39, 0.29) is 22.9 Å². The Hall–Kier alpha value is -1.89. The van der Waals surface area contributed by atoms with Crippen molar-refractivity contribution in [3.8, 4) is 0 Å². The highest BCUT2D eigenvalue weighted by Gasteiger charge is 1.99. The van der Waals surface area contributed by atoms with Gasteiger partial charge in [0, 0.05) is 17.1 Å². The Morgan fingerprint density at radius 2 is 1.42 bits per heavy atom. The monoisotopic (exact) mass is 427 g/mol. The number of nitrogens with zero attached hydrogens (tertiary/aromatic N) is 3. The van der Waals surface area contributed by atoms with E-state index in [1.165, 1.54) is 5.01 Å². The lowest BCUT2D eigenvalue weighted by molar-refractivity contribution is 0.518. The molecule has 0 aromatic heterocycles. The zero-order valence-electron chi connectivity index (χ0n) is 12.8. The Morgan fingerprint density at radius 1 is 0.958 bits per heavy atom. The number of halogens is 3. The third kappa shape index (κ3) is 6.70. The van der Waals surface area contributed by atoms with E-state index in [9.17, 15) is 0 Å². The second kappa shape index (κ2) is 10.1. The minimum absolute atomic E-state index is 0. The first kappa shape index (κ1) is 20.2. The summed E-state index contributed by atoms with van der Waals surface area (Å²) in [7, 11) is 1.65. The van der Waals surface area contributed by atoms with Crippen LogP contribution in [0.4, 0.5) is 0 Å². The molecule has 2 N–H and O–H groups in total. The van der Waals surface area contributed by atoms with Gasteiger partial charge in [-0.1, -0.05) is 47.5 Å². The van der Waals surface area contributed by atoms with Crippen LogP contribution < -0.4 is 5.43 Å². The molecule has 0 heterocycles. The molecule has 24 heavy (non-hydrogen) atoms. The van der Waals surface area contributed by atoms with Gasteiger partial charge < -0.3 is 0 Å². The van der Waals surface area contributed by atoms with Gasteiger partial charge in [-0.2, -0.15) is 10.2 Å². The van der Waals surface area contributed by atoms with Crippen LogP contribution in [0.15, 0.2) is 58.7 Å². The maximum absolute atomic E-state index is 7.84. The molecule has 0 amide bonds. The number of hydrogen-bond donors (Lipinski definition) is 2. The van der Waals surface area contributed by atoms with Gasteiger partial charge in [0.25, 0.3) is 0 Å². The molecule has 0 unspecified atom stereocenters. The smallest absolute Gasteiger partial charge is 0.232 e. The lowest BCUT2D eigenvalue weighted by atomic mass is 10.2. The van der Waals surface area contributed by atoms with Crippen LogP contribution in [0.2, 0.25) is 10.0 Å². The van der Waals surface area contributed by atoms with Crippen molar-refractivity contribution in [3.05, 3.63) is 69.7 Å². The van der Waals surface area contributed by atoms with Crippen LogP contribution in [0.3, 0.4) is 0 Å². The number of hydrazone groups is 2. The summed E-state index contributed by atoms with van der Waals surface area (Å²) in [4.78, 5) is 0. The summed E-state index contributed by atoms with van der Waals surface area (Å²) in [5, 5.41) is 18.7. The lowest BCUT2D eigenvalue weighted by Gasteiger charge is -2.12. The molecule has 0 aliphatic carbocycles. The molecule has 2 aromatic carbocycles. The highest BCUT2D eigenvalue weighted by atomic mass is 79.9. The topological polar surface area (TPSA) is 63.8 Å². The SMILES string of the molecule is Br.CN(N=Cc1ccc(Cl)cc1)C(=N)NN=Cc1ccc(Cl)cc1. The number of guanidine groups is 1. The van der Waals surface area contributed by atoms with E-state index in [1.54, 1.807) is 43.7 Å². The minimum Gasteiger partial charge on any atom is -0.266 e. The van der Waals surface area contributed by atoms with E-state index in [2.05, 4.69) is 15.6 Å². The molecule has 2 rings (SSSR count). The average Bonchev–Trinajstić information content (AvgIpc) is 2.55. The maximum atomic E-state index is 7.84. The Morgan fingerprint density at radius 3 is 1.92 bits per heavy atom. The Kier molecular flexibility index (Phi) is 8.46. The van der Waals surface area contributed by atoms with Crippen LogP contribution in [-0.2, 0) is 0 Å². The fraction of sp³-hybridized carbons (Fsp3) is 0.0625. The molecule has 8 heteroatoms. The van der Waals surface area contributed by atoms with E-state index in [0.29, 0.717) is 10.0 Å². The van der Waals surface area contributed by atoms with Crippen LogP contribution >= 0.6 is 40.2 Å². The van der Waals surface area contributed by atoms with Crippen molar-refractivity contribution in [2.45, 2.75) is 0 Å². The van der Waals surface area contributed by atoms with E-state index in [4.69, 9.17) is 28.6 Å². The van der Waals surface area contributed by atoms with Crippen LogP contribution in [0.25, 0.3) is 0 Å². The Balaban J connectivity index is 0.00000288. The van der Waals surface area contributed by atoms with Gasteiger partial charge in [-0.3, -0.25) is 5.41 Å². The molecule has 0 aliphatic heterocycles. The summed E-state index contributed by atoms with van der Waals surface area (Å²) in [6.07, 6.45) is 3.23. The molecule has 0 spiro atoms. The van der Waals surface area contributed by atoms with Crippen LogP contribution in [0.1, 0.15) is 11.1 Å². The van der Waals surface area contributed by atoms with Gasteiger partial charge in [-0.25, -0.2) is 10.4 Å². The van der Waals surface area contributed by atoms with Gasteiger partial charge in [-0.15, -0.1) is 17.0 Å². The molecular weight excluding hydrogens is 413 g/mol. The molecule has 0 saturated heterocycles. The fourth-order valence-corrected chi connectivity index (χ4v) is 1.80. The van der Waals surface area contributed by atoms with Crippen LogP contribution in [0, 0.1) is 5.41 Å². The summed E-state index contributed by atoms with van der Waals surface area (Å²) in [5.41, 5.74) is 4.37. The normalized spacial score (nSPS) is 10.6. The molecule has 0 fully saturated rings. The van der Waals surface area contributed by atoms with Crippen molar-refractivity contribution >= 4 is 58.6 Å². The van der Waals surface area contributed by atoms with Gasteiger partial charge in [0.2, 0.25) is 5.96 Å². The Labute approximate surface area is 161 Å². The molecule has 0 atom stereocenters. The molecule has 0 aliphatic rings. The minimum atomic E-state index is 0. The van der Waals surface area contributed by atoms with Crippen molar-refractivity contribution in [1.82, 2.24) is 10.4 Å². The van der Waals surface area contributed by atoms with Crippen molar-refractivity contribution in [2.24, 2.45) is 10.2 Å². The van der Waals surface area contributed by atoms with Gasteiger partial charge in [0.15, 0.2) is 0 Å². The van der Waals surface area contributed by atoms with Crippen molar-refractivity contribution in [2.75, 3.05) is 7.05 Å². The van der Waals surface area contributed by atoms with Crippen molar-refractivity contribution in [3.63, 3.8) is 0 Å². The molecule has 5 nitrogen and oxygen atoms in total. The molecule has 126 valence electrons. The number of nitrogens with one attached hydrogen (secondary N) is 2. The zero-order valence-corrected chi connectivity index (χ0v) is 16.0. The molecule has 0 bridgehead atoms. The highest BCUT2D eigenvalue weighted by Crippen LogP contribution is 2.08. The molecule has 0 saturated carbocycles.